The van der Waals surface area contributed by atoms with Gasteiger partial charge in [-0.1, -0.05) is 0 Å². The van der Waals surface area contributed by atoms with Gasteiger partial charge in [-0.3, -0.25) is 4.79 Å². The minimum Gasteiger partial charge on any atom is -0.493 e. The number of aliphatic imine (C=N–C) groups is 1. The minimum atomic E-state index is -0.0762. The van der Waals surface area contributed by atoms with Crippen LogP contribution in [0.4, 0.5) is 5.69 Å². The molecule has 0 atom stereocenters. The van der Waals surface area contributed by atoms with Crippen LogP contribution in [0.3, 0.4) is 0 Å². The summed E-state index contributed by atoms with van der Waals surface area (Å²) in [6.45, 7) is 4.06. The number of benzene rings is 1. The highest BCUT2D eigenvalue weighted by molar-refractivity contribution is 14.0. The molecular weight excluding hydrogens is 463 g/mol. The van der Waals surface area contributed by atoms with Crippen molar-refractivity contribution in [2.24, 2.45) is 4.99 Å². The van der Waals surface area contributed by atoms with E-state index in [9.17, 15) is 4.79 Å². The van der Waals surface area contributed by atoms with Gasteiger partial charge in [0.25, 0.3) is 0 Å². The first-order valence-electron chi connectivity index (χ1n) is 8.57. The lowest BCUT2D eigenvalue weighted by Crippen LogP contribution is -2.34. The molecule has 0 spiro atoms. The van der Waals surface area contributed by atoms with Gasteiger partial charge in [0.1, 0.15) is 6.54 Å². The highest BCUT2D eigenvalue weighted by Gasteiger charge is 2.08. The number of hydrogen-bond acceptors (Lipinski definition) is 5. The lowest BCUT2D eigenvalue weighted by Gasteiger charge is -2.15. The zero-order valence-corrected chi connectivity index (χ0v) is 19.0. The van der Waals surface area contributed by atoms with Crippen molar-refractivity contribution in [3.05, 3.63) is 18.2 Å². The van der Waals surface area contributed by atoms with Gasteiger partial charge < -0.3 is 29.7 Å². The Morgan fingerprint density at radius 3 is 2.48 bits per heavy atom. The molecule has 27 heavy (non-hydrogen) atoms. The summed E-state index contributed by atoms with van der Waals surface area (Å²) in [4.78, 5) is 17.7. The number of hydrogen-bond donors (Lipinski definition) is 2. The van der Waals surface area contributed by atoms with Crippen LogP contribution in [0.25, 0.3) is 0 Å². The van der Waals surface area contributed by atoms with Gasteiger partial charge in [-0.15, -0.1) is 24.0 Å². The molecule has 0 aliphatic rings. The predicted molar refractivity (Wildman–Crippen MR) is 119 cm³/mol. The zero-order chi connectivity index (χ0) is 19.4. The topological polar surface area (TPSA) is 84.4 Å². The number of nitrogens with one attached hydrogen (secondary N) is 2. The predicted octanol–water partition coefficient (Wildman–Crippen LogP) is 2.19. The van der Waals surface area contributed by atoms with Gasteiger partial charge in [0, 0.05) is 45.6 Å². The fraction of sp³-hybridized carbons (Fsp3) is 0.556. The van der Waals surface area contributed by atoms with Crippen molar-refractivity contribution in [2.75, 3.05) is 59.9 Å². The van der Waals surface area contributed by atoms with Crippen molar-refractivity contribution in [3.63, 3.8) is 0 Å². The van der Waals surface area contributed by atoms with E-state index in [1.807, 2.05) is 19.1 Å². The summed E-state index contributed by atoms with van der Waals surface area (Å²) in [6, 6.07) is 5.47. The average Bonchev–Trinajstić information content (AvgIpc) is 2.64. The number of guanidine groups is 1. The Balaban J connectivity index is 0.00000676. The van der Waals surface area contributed by atoms with E-state index >= 15 is 0 Å². The van der Waals surface area contributed by atoms with Crippen molar-refractivity contribution in [3.8, 4) is 11.5 Å². The number of carbonyl (C=O) groups is 1. The molecule has 1 aromatic rings. The molecule has 0 aliphatic heterocycles. The molecule has 0 saturated heterocycles. The number of rotatable bonds is 10. The maximum Gasteiger partial charge on any atom is 0.243 e. The Hall–Kier alpha value is -1.75. The molecule has 0 unspecified atom stereocenters. The lowest BCUT2D eigenvalue weighted by atomic mass is 10.2. The molecule has 0 heterocycles. The van der Waals surface area contributed by atoms with E-state index in [0.29, 0.717) is 37.2 Å². The van der Waals surface area contributed by atoms with Crippen molar-refractivity contribution in [1.82, 2.24) is 10.2 Å². The molecule has 9 heteroatoms. The van der Waals surface area contributed by atoms with Crippen molar-refractivity contribution in [1.29, 1.82) is 0 Å². The largest absolute Gasteiger partial charge is 0.493 e. The van der Waals surface area contributed by atoms with E-state index in [1.54, 1.807) is 34.4 Å². The number of methoxy groups -OCH3 is 2. The summed E-state index contributed by atoms with van der Waals surface area (Å²) in [7, 11) is 6.58. The van der Waals surface area contributed by atoms with Gasteiger partial charge in [-0.2, -0.15) is 0 Å². The first kappa shape index (κ1) is 25.2. The quantitative estimate of drug-likeness (QED) is 0.225. The highest BCUT2D eigenvalue weighted by Crippen LogP contribution is 2.29. The molecule has 8 nitrogen and oxygen atoms in total. The number of amides is 1. The van der Waals surface area contributed by atoms with Crippen LogP contribution in [-0.4, -0.2) is 71.4 Å². The minimum absolute atomic E-state index is 0. The number of ether oxygens (including phenoxy) is 3. The molecule has 1 aromatic carbocycles. The maximum atomic E-state index is 11.8. The summed E-state index contributed by atoms with van der Waals surface area (Å²) in [5, 5.41) is 6.39. The van der Waals surface area contributed by atoms with Crippen LogP contribution in [0.1, 0.15) is 13.3 Å². The first-order valence-corrected chi connectivity index (χ1v) is 8.57. The lowest BCUT2D eigenvalue weighted by molar-refractivity contribution is -0.127. The second kappa shape index (κ2) is 14.3. The average molecular weight is 494 g/mol. The number of likely N-dealkylation sites (N-methyl/N-ethyl adjacent to an activating group) is 1. The molecule has 154 valence electrons. The van der Waals surface area contributed by atoms with E-state index in [2.05, 4.69) is 15.6 Å². The SMILES string of the molecule is CCOCCCNC(=NCC(=O)N(C)C)Nc1ccc(OC)c(OC)c1.I. The van der Waals surface area contributed by atoms with Gasteiger partial charge in [-0.05, 0) is 25.5 Å². The molecule has 0 fully saturated rings. The third kappa shape index (κ3) is 9.66. The third-order valence-electron chi connectivity index (χ3n) is 3.48. The molecule has 1 amide bonds. The van der Waals surface area contributed by atoms with Crippen molar-refractivity contribution in [2.45, 2.75) is 13.3 Å². The van der Waals surface area contributed by atoms with E-state index in [4.69, 9.17) is 14.2 Å². The summed E-state index contributed by atoms with van der Waals surface area (Å²) >= 11 is 0. The fourth-order valence-electron chi connectivity index (χ4n) is 2.00. The second-order valence-electron chi connectivity index (χ2n) is 5.63. The smallest absolute Gasteiger partial charge is 0.243 e. The van der Waals surface area contributed by atoms with E-state index in [-0.39, 0.29) is 36.4 Å². The number of carbonyl (C=O) groups excluding carboxylic acids is 1. The molecule has 0 bridgehead atoms. The number of halogens is 1. The molecule has 0 radical (unpaired) electrons. The first-order chi connectivity index (χ1) is 12.5. The van der Waals surface area contributed by atoms with Crippen LogP contribution >= 0.6 is 24.0 Å². The molecule has 0 aromatic heterocycles. The van der Waals surface area contributed by atoms with Crippen LogP contribution in [0.5, 0.6) is 11.5 Å². The van der Waals surface area contributed by atoms with Crippen molar-refractivity contribution < 1.29 is 19.0 Å². The van der Waals surface area contributed by atoms with Crippen LogP contribution < -0.4 is 20.1 Å². The molecule has 1 rings (SSSR count). The highest BCUT2D eigenvalue weighted by atomic mass is 127. The molecule has 0 saturated carbocycles. The third-order valence-corrected chi connectivity index (χ3v) is 3.48. The van der Waals surface area contributed by atoms with Crippen LogP contribution in [0, 0.1) is 0 Å². The summed E-state index contributed by atoms with van der Waals surface area (Å²) < 4.78 is 15.9. The Kier molecular flexibility index (Phi) is 13.4. The van der Waals surface area contributed by atoms with Gasteiger partial charge in [0.05, 0.1) is 14.2 Å². The standard InChI is InChI=1S/C18H30N4O4.HI/c1-6-26-11-7-10-19-18(20-13-17(23)22(2)3)21-14-8-9-15(24-4)16(12-14)25-5;/h8-9,12H,6-7,10-11,13H2,1-5H3,(H2,19,20,21);1H. The van der Waals surface area contributed by atoms with Gasteiger partial charge >= 0.3 is 0 Å². The van der Waals surface area contributed by atoms with Crippen LogP contribution in [-0.2, 0) is 9.53 Å². The Morgan fingerprint density at radius 1 is 1.19 bits per heavy atom. The normalized spacial score (nSPS) is 10.6. The van der Waals surface area contributed by atoms with Crippen molar-refractivity contribution >= 4 is 41.5 Å². The van der Waals surface area contributed by atoms with Gasteiger partial charge in [0.15, 0.2) is 17.5 Å². The Bertz CT molecular complexity index is 597. The molecular formula is C18H31IN4O4. The Morgan fingerprint density at radius 2 is 1.89 bits per heavy atom. The Labute approximate surface area is 178 Å². The maximum absolute atomic E-state index is 11.8. The monoisotopic (exact) mass is 494 g/mol. The van der Waals surface area contributed by atoms with Crippen LogP contribution in [0.15, 0.2) is 23.2 Å². The van der Waals surface area contributed by atoms with Gasteiger partial charge in [-0.25, -0.2) is 4.99 Å². The van der Waals surface area contributed by atoms with E-state index in [1.165, 1.54) is 4.90 Å². The summed E-state index contributed by atoms with van der Waals surface area (Å²) in [5.74, 6) is 1.69. The van der Waals surface area contributed by atoms with Gasteiger partial charge in [0.2, 0.25) is 5.91 Å². The van der Waals surface area contributed by atoms with E-state index in [0.717, 1.165) is 12.1 Å². The number of anilines is 1. The molecule has 0 aliphatic carbocycles. The van der Waals surface area contributed by atoms with E-state index < -0.39 is 0 Å². The van der Waals surface area contributed by atoms with Crippen LogP contribution in [0.2, 0.25) is 0 Å². The fourth-order valence-corrected chi connectivity index (χ4v) is 2.00. The number of nitrogens with zero attached hydrogens (tertiary/aromatic N) is 2. The summed E-state index contributed by atoms with van der Waals surface area (Å²) in [6.07, 6.45) is 0.835. The summed E-state index contributed by atoms with van der Waals surface area (Å²) in [5.41, 5.74) is 0.774. The zero-order valence-electron chi connectivity index (χ0n) is 16.7. The molecule has 2 N–H and O–H groups in total. The second-order valence-corrected chi connectivity index (χ2v) is 5.63.